The van der Waals surface area contributed by atoms with Gasteiger partial charge in [0.2, 0.25) is 5.91 Å². The predicted octanol–water partition coefficient (Wildman–Crippen LogP) is 3.76. The van der Waals surface area contributed by atoms with Crippen LogP contribution in [0.25, 0.3) is 0 Å². The number of fused-ring (bicyclic) bond motifs is 3. The number of carbonyl (C=O) groups is 2. The van der Waals surface area contributed by atoms with E-state index in [1.807, 2.05) is 36.9 Å². The van der Waals surface area contributed by atoms with Crippen molar-refractivity contribution in [2.24, 2.45) is 5.92 Å². The van der Waals surface area contributed by atoms with Crippen LogP contribution in [0.2, 0.25) is 0 Å². The van der Waals surface area contributed by atoms with Gasteiger partial charge < -0.3 is 19.9 Å². The molecule has 6 nitrogen and oxygen atoms in total. The minimum atomic E-state index is -0.356. The van der Waals surface area contributed by atoms with Crippen molar-refractivity contribution in [3.05, 3.63) is 29.8 Å². The highest BCUT2D eigenvalue weighted by Gasteiger charge is 2.50. The van der Waals surface area contributed by atoms with Gasteiger partial charge in [-0.3, -0.25) is 4.79 Å². The largest absolute Gasteiger partial charge is 0.447 e. The molecule has 3 unspecified atom stereocenters. The van der Waals surface area contributed by atoms with Gasteiger partial charge in [0, 0.05) is 24.3 Å². The van der Waals surface area contributed by atoms with Gasteiger partial charge in [-0.05, 0) is 83.0 Å². The molecule has 2 saturated heterocycles. The van der Waals surface area contributed by atoms with Crippen molar-refractivity contribution in [3.63, 3.8) is 0 Å². The molecular formula is C24H33N3O3. The van der Waals surface area contributed by atoms with Gasteiger partial charge in [0.05, 0.1) is 11.5 Å². The summed E-state index contributed by atoms with van der Waals surface area (Å²) in [6.07, 6.45) is 6.01. The first-order valence-corrected chi connectivity index (χ1v) is 11.6. The predicted molar refractivity (Wildman–Crippen MR) is 115 cm³/mol. The van der Waals surface area contributed by atoms with E-state index in [-0.39, 0.29) is 23.5 Å². The smallest absolute Gasteiger partial charge is 0.410 e. The molecule has 4 aliphatic rings. The lowest BCUT2D eigenvalue weighted by molar-refractivity contribution is -0.122. The topological polar surface area (TPSA) is 61.9 Å². The number of rotatable bonds is 2. The first-order valence-electron chi connectivity index (χ1n) is 11.6. The summed E-state index contributed by atoms with van der Waals surface area (Å²) in [6, 6.07) is 8.97. The summed E-state index contributed by atoms with van der Waals surface area (Å²) < 4.78 is 5.52. The summed E-state index contributed by atoms with van der Waals surface area (Å²) in [5, 5.41) is 3.10. The van der Waals surface area contributed by atoms with Crippen molar-refractivity contribution in [3.8, 4) is 0 Å². The first-order chi connectivity index (χ1) is 14.5. The molecule has 3 atom stereocenters. The van der Waals surface area contributed by atoms with Gasteiger partial charge in [0.25, 0.3) is 0 Å². The molecule has 3 fully saturated rings. The molecule has 162 valence electrons. The Balaban J connectivity index is 1.26. The summed E-state index contributed by atoms with van der Waals surface area (Å²) in [7, 11) is 0. The van der Waals surface area contributed by atoms with Crippen LogP contribution >= 0.6 is 0 Å². The van der Waals surface area contributed by atoms with Gasteiger partial charge >= 0.3 is 6.09 Å². The minimum absolute atomic E-state index is 0.0752. The van der Waals surface area contributed by atoms with Crippen LogP contribution in [-0.4, -0.2) is 59.6 Å². The highest BCUT2D eigenvalue weighted by Crippen LogP contribution is 2.47. The van der Waals surface area contributed by atoms with Crippen molar-refractivity contribution >= 4 is 17.7 Å². The third-order valence-electron chi connectivity index (χ3n) is 7.87. The monoisotopic (exact) mass is 411 g/mol. The van der Waals surface area contributed by atoms with Crippen molar-refractivity contribution in [2.75, 3.05) is 25.0 Å². The van der Waals surface area contributed by atoms with Crippen LogP contribution in [0.15, 0.2) is 24.3 Å². The molecule has 3 aliphatic heterocycles. The van der Waals surface area contributed by atoms with Crippen molar-refractivity contribution in [1.29, 1.82) is 0 Å². The number of ether oxygens (including phenoxy) is 1. The molecular weight excluding hydrogens is 378 g/mol. The minimum Gasteiger partial charge on any atom is -0.447 e. The van der Waals surface area contributed by atoms with Crippen molar-refractivity contribution < 1.29 is 14.3 Å². The molecule has 5 rings (SSSR count). The molecule has 6 heteroatoms. The summed E-state index contributed by atoms with van der Waals surface area (Å²) in [6.45, 7) is 6.54. The summed E-state index contributed by atoms with van der Waals surface area (Å²) in [5.41, 5.74) is 1.81. The van der Waals surface area contributed by atoms with Crippen molar-refractivity contribution in [2.45, 2.75) is 76.0 Å². The molecule has 1 spiro atoms. The van der Waals surface area contributed by atoms with Gasteiger partial charge in [-0.15, -0.1) is 0 Å². The Morgan fingerprint density at radius 3 is 2.70 bits per heavy atom. The Morgan fingerprint density at radius 1 is 1.17 bits per heavy atom. The third-order valence-corrected chi connectivity index (χ3v) is 7.87. The summed E-state index contributed by atoms with van der Waals surface area (Å²) in [4.78, 5) is 30.0. The van der Waals surface area contributed by atoms with Gasteiger partial charge in [-0.2, -0.15) is 0 Å². The Labute approximate surface area is 178 Å². The van der Waals surface area contributed by atoms with Crippen LogP contribution in [0, 0.1) is 5.92 Å². The van der Waals surface area contributed by atoms with E-state index in [0.29, 0.717) is 18.0 Å². The second-order valence-electron chi connectivity index (χ2n) is 9.84. The third kappa shape index (κ3) is 3.20. The van der Waals surface area contributed by atoms with Crippen LogP contribution < -0.4 is 5.32 Å². The van der Waals surface area contributed by atoms with Crippen LogP contribution in [0.5, 0.6) is 0 Å². The number of para-hydroxylation sites is 1. The van der Waals surface area contributed by atoms with E-state index in [0.717, 1.165) is 57.4 Å². The van der Waals surface area contributed by atoms with Crippen LogP contribution in [0.4, 0.5) is 10.5 Å². The Morgan fingerprint density at radius 2 is 1.93 bits per heavy atom. The maximum atomic E-state index is 12.9. The lowest BCUT2D eigenvalue weighted by Crippen LogP contribution is -2.50. The first kappa shape index (κ1) is 19.9. The normalized spacial score (nSPS) is 30.3. The highest BCUT2D eigenvalue weighted by molar-refractivity contribution is 6.06. The molecule has 1 saturated carbocycles. The van der Waals surface area contributed by atoms with Crippen LogP contribution in [0.1, 0.15) is 57.9 Å². The molecule has 1 aromatic rings. The quantitative estimate of drug-likeness (QED) is 0.805. The second kappa shape index (κ2) is 7.56. The number of likely N-dealkylation sites (tertiary alicyclic amines) is 2. The molecule has 3 heterocycles. The standard InChI is InChI=1S/C24H33N3O3/c1-16(2)30-23(29)27-11-5-6-17-14-18(15-21(17)27)26-12-9-24(10-13-26)19-7-3-4-8-20(19)25-22(24)28/h3-4,7-8,16-18,21H,5-6,9-15H2,1-2H3,(H,25,28). The van der Waals surface area contributed by atoms with E-state index < -0.39 is 0 Å². The fourth-order valence-corrected chi connectivity index (χ4v) is 6.39. The van der Waals surface area contributed by atoms with E-state index in [1.165, 1.54) is 12.0 Å². The van der Waals surface area contributed by atoms with Gasteiger partial charge in [-0.25, -0.2) is 4.79 Å². The number of piperidine rings is 2. The zero-order valence-corrected chi connectivity index (χ0v) is 18.1. The van der Waals surface area contributed by atoms with Gasteiger partial charge in [-0.1, -0.05) is 18.2 Å². The number of anilines is 1. The molecule has 0 bridgehead atoms. The maximum absolute atomic E-state index is 12.9. The molecule has 2 amide bonds. The van der Waals surface area contributed by atoms with E-state index in [1.54, 1.807) is 0 Å². The molecule has 30 heavy (non-hydrogen) atoms. The number of nitrogens with one attached hydrogen (secondary N) is 1. The molecule has 1 N–H and O–H groups in total. The number of amides is 2. The molecule has 1 aromatic carbocycles. The van der Waals surface area contributed by atoms with E-state index in [9.17, 15) is 9.59 Å². The average molecular weight is 412 g/mol. The zero-order valence-electron chi connectivity index (χ0n) is 18.1. The zero-order chi connectivity index (χ0) is 20.9. The number of benzene rings is 1. The molecule has 0 aromatic heterocycles. The lowest BCUT2D eigenvalue weighted by Gasteiger charge is -2.41. The van der Waals surface area contributed by atoms with E-state index >= 15 is 0 Å². The Kier molecular flexibility index (Phi) is 5.00. The van der Waals surface area contributed by atoms with Gasteiger partial charge in [0.15, 0.2) is 0 Å². The fraction of sp³-hybridized carbons (Fsp3) is 0.667. The van der Waals surface area contributed by atoms with E-state index in [4.69, 9.17) is 4.74 Å². The van der Waals surface area contributed by atoms with E-state index in [2.05, 4.69) is 16.3 Å². The molecule has 1 aliphatic carbocycles. The van der Waals surface area contributed by atoms with Gasteiger partial charge in [0.1, 0.15) is 0 Å². The Hall–Kier alpha value is -2.08. The second-order valence-corrected chi connectivity index (χ2v) is 9.84. The number of hydrogen-bond donors (Lipinski definition) is 1. The number of carbonyl (C=O) groups excluding carboxylic acids is 2. The Bertz CT molecular complexity index is 831. The highest BCUT2D eigenvalue weighted by atomic mass is 16.6. The molecule has 0 radical (unpaired) electrons. The number of nitrogens with zero attached hydrogens (tertiary/aromatic N) is 2. The van der Waals surface area contributed by atoms with Crippen LogP contribution in [-0.2, 0) is 14.9 Å². The lowest BCUT2D eigenvalue weighted by atomic mass is 9.73. The fourth-order valence-electron chi connectivity index (χ4n) is 6.39. The maximum Gasteiger partial charge on any atom is 0.410 e. The average Bonchev–Trinajstić information content (AvgIpc) is 3.28. The SMILES string of the molecule is CC(C)OC(=O)N1CCCC2CC(N3CCC4(CC3)C(=O)Nc3ccccc34)CC21. The summed E-state index contributed by atoms with van der Waals surface area (Å²) in [5.74, 6) is 0.751. The van der Waals surface area contributed by atoms with Crippen molar-refractivity contribution in [1.82, 2.24) is 9.80 Å². The van der Waals surface area contributed by atoms with Crippen LogP contribution in [0.3, 0.4) is 0 Å². The summed E-state index contributed by atoms with van der Waals surface area (Å²) >= 11 is 0. The number of hydrogen-bond acceptors (Lipinski definition) is 4.